The minimum atomic E-state index is -0.915. The molecule has 0 atom stereocenters. The van der Waals surface area contributed by atoms with Gasteiger partial charge < -0.3 is 5.11 Å². The summed E-state index contributed by atoms with van der Waals surface area (Å²) >= 11 is 0. The Bertz CT molecular complexity index is 412. The van der Waals surface area contributed by atoms with E-state index in [1.54, 1.807) is 0 Å². The van der Waals surface area contributed by atoms with Gasteiger partial charge in [-0.1, -0.05) is 6.92 Å². The third-order valence-corrected chi connectivity index (χ3v) is 3.16. The summed E-state index contributed by atoms with van der Waals surface area (Å²) < 4.78 is 1.83. The van der Waals surface area contributed by atoms with E-state index >= 15 is 0 Å². The summed E-state index contributed by atoms with van der Waals surface area (Å²) in [6.45, 7) is 7.49. The van der Waals surface area contributed by atoms with Gasteiger partial charge in [0.2, 0.25) is 0 Å². The second-order valence-corrected chi connectivity index (χ2v) is 4.01. The molecule has 0 unspecified atom stereocenters. The van der Waals surface area contributed by atoms with Gasteiger partial charge in [-0.05, 0) is 13.5 Å². The molecule has 0 saturated heterocycles. The van der Waals surface area contributed by atoms with Crippen LogP contribution < -0.4 is 0 Å². The zero-order chi connectivity index (χ0) is 11.7. The van der Waals surface area contributed by atoms with Gasteiger partial charge in [-0.25, -0.2) is 4.79 Å². The van der Waals surface area contributed by atoms with E-state index in [1.165, 1.54) is 0 Å². The number of hydrogen-bond acceptors (Lipinski definition) is 3. The zero-order valence-electron chi connectivity index (χ0n) is 9.73. The molecule has 16 heavy (non-hydrogen) atoms. The molecule has 1 N–H and O–H groups in total. The van der Waals surface area contributed by atoms with Crippen molar-refractivity contribution in [1.82, 2.24) is 14.7 Å². The van der Waals surface area contributed by atoms with Crippen LogP contribution in [0, 0.1) is 0 Å². The predicted molar refractivity (Wildman–Crippen MR) is 59.5 cm³/mol. The Kier molecular flexibility index (Phi) is 2.96. The molecule has 88 valence electrons. The molecule has 1 aliphatic heterocycles. The van der Waals surface area contributed by atoms with Crippen LogP contribution in [0.2, 0.25) is 0 Å². The lowest BCUT2D eigenvalue weighted by molar-refractivity contribution is 0.0687. The normalized spacial score (nSPS) is 16.1. The Balaban J connectivity index is 2.43. The largest absolute Gasteiger partial charge is 0.476 e. The minimum absolute atomic E-state index is 0.231. The van der Waals surface area contributed by atoms with Crippen LogP contribution in [-0.2, 0) is 19.5 Å². The quantitative estimate of drug-likeness (QED) is 0.829. The van der Waals surface area contributed by atoms with Crippen LogP contribution >= 0.6 is 0 Å². The molecule has 0 aromatic carbocycles. The van der Waals surface area contributed by atoms with Crippen molar-refractivity contribution in [3.63, 3.8) is 0 Å². The molecule has 2 rings (SSSR count). The standard InChI is InChI=1S/C11H17N3O2/c1-3-13-6-5-9-8(7-13)10(11(15)16)12-14(9)4-2/h3-7H2,1-2H3,(H,15,16). The topological polar surface area (TPSA) is 58.4 Å². The Hall–Kier alpha value is -1.36. The first-order chi connectivity index (χ1) is 7.67. The van der Waals surface area contributed by atoms with Gasteiger partial charge in [-0.15, -0.1) is 0 Å². The van der Waals surface area contributed by atoms with Gasteiger partial charge in [0.05, 0.1) is 0 Å². The second-order valence-electron chi connectivity index (χ2n) is 4.01. The van der Waals surface area contributed by atoms with Crippen molar-refractivity contribution in [3.8, 4) is 0 Å². The van der Waals surface area contributed by atoms with Crippen LogP contribution in [-0.4, -0.2) is 38.8 Å². The fourth-order valence-electron chi connectivity index (χ4n) is 2.25. The Morgan fingerprint density at radius 1 is 1.44 bits per heavy atom. The number of aromatic carboxylic acids is 1. The number of carbonyl (C=O) groups is 1. The smallest absolute Gasteiger partial charge is 0.356 e. The summed E-state index contributed by atoms with van der Waals surface area (Å²) in [5.41, 5.74) is 2.24. The van der Waals surface area contributed by atoms with E-state index in [9.17, 15) is 4.79 Å². The van der Waals surface area contributed by atoms with Crippen molar-refractivity contribution in [2.75, 3.05) is 13.1 Å². The van der Waals surface area contributed by atoms with Crippen molar-refractivity contribution in [1.29, 1.82) is 0 Å². The number of fused-ring (bicyclic) bond motifs is 1. The van der Waals surface area contributed by atoms with E-state index in [2.05, 4.69) is 16.9 Å². The van der Waals surface area contributed by atoms with E-state index < -0.39 is 5.97 Å². The highest BCUT2D eigenvalue weighted by molar-refractivity contribution is 5.87. The highest BCUT2D eigenvalue weighted by Crippen LogP contribution is 2.22. The first kappa shape index (κ1) is 11.1. The lowest BCUT2D eigenvalue weighted by Gasteiger charge is -2.25. The fraction of sp³-hybridized carbons (Fsp3) is 0.636. The molecule has 0 fully saturated rings. The molecule has 0 spiro atoms. The number of hydrogen-bond donors (Lipinski definition) is 1. The molecule has 0 bridgehead atoms. The van der Waals surface area contributed by atoms with Crippen LogP contribution in [0.3, 0.4) is 0 Å². The SMILES string of the molecule is CCN1CCc2c(c(C(=O)O)nn2CC)C1. The molecule has 5 nitrogen and oxygen atoms in total. The maximum Gasteiger partial charge on any atom is 0.356 e. The van der Waals surface area contributed by atoms with E-state index in [4.69, 9.17) is 5.11 Å². The van der Waals surface area contributed by atoms with Crippen molar-refractivity contribution in [3.05, 3.63) is 17.0 Å². The highest BCUT2D eigenvalue weighted by Gasteiger charge is 2.26. The lowest BCUT2D eigenvalue weighted by Crippen LogP contribution is -2.31. The van der Waals surface area contributed by atoms with Gasteiger partial charge in [-0.3, -0.25) is 9.58 Å². The third-order valence-electron chi connectivity index (χ3n) is 3.16. The van der Waals surface area contributed by atoms with Crippen LogP contribution in [0.4, 0.5) is 0 Å². The second kappa shape index (κ2) is 4.25. The van der Waals surface area contributed by atoms with Crippen LogP contribution in [0.5, 0.6) is 0 Å². The zero-order valence-corrected chi connectivity index (χ0v) is 9.73. The van der Waals surface area contributed by atoms with Gasteiger partial charge in [0, 0.05) is 37.3 Å². The summed E-state index contributed by atoms with van der Waals surface area (Å²) in [7, 11) is 0. The van der Waals surface area contributed by atoms with Gasteiger partial charge >= 0.3 is 5.97 Å². The first-order valence-corrected chi connectivity index (χ1v) is 5.71. The maximum absolute atomic E-state index is 11.1. The van der Waals surface area contributed by atoms with Crippen molar-refractivity contribution in [2.24, 2.45) is 0 Å². The number of nitrogens with zero attached hydrogens (tertiary/aromatic N) is 3. The number of carboxylic acid groups (broad SMARTS) is 1. The molecule has 1 aliphatic rings. The van der Waals surface area contributed by atoms with E-state index in [0.717, 1.165) is 37.3 Å². The van der Waals surface area contributed by atoms with Crippen LogP contribution in [0.15, 0.2) is 0 Å². The van der Waals surface area contributed by atoms with E-state index in [0.29, 0.717) is 6.54 Å². The van der Waals surface area contributed by atoms with Crippen molar-refractivity contribution < 1.29 is 9.90 Å². The number of aryl methyl sites for hydroxylation is 1. The molecule has 0 amide bonds. The summed E-state index contributed by atoms with van der Waals surface area (Å²) in [6.07, 6.45) is 0.900. The summed E-state index contributed by atoms with van der Waals surface area (Å²) in [5, 5.41) is 13.3. The number of rotatable bonds is 3. The summed E-state index contributed by atoms with van der Waals surface area (Å²) in [6, 6.07) is 0. The van der Waals surface area contributed by atoms with Crippen LogP contribution in [0.1, 0.15) is 35.6 Å². The Morgan fingerprint density at radius 3 is 2.75 bits per heavy atom. The van der Waals surface area contributed by atoms with Gasteiger partial charge in [0.15, 0.2) is 5.69 Å². The minimum Gasteiger partial charge on any atom is -0.476 e. The average molecular weight is 223 g/mol. The Labute approximate surface area is 94.7 Å². The van der Waals surface area contributed by atoms with E-state index in [-0.39, 0.29) is 5.69 Å². The summed E-state index contributed by atoms with van der Waals surface area (Å²) in [4.78, 5) is 13.3. The number of likely N-dealkylation sites (N-methyl/N-ethyl adjacent to an activating group) is 1. The molecular formula is C11H17N3O2. The molecule has 1 aromatic rings. The summed E-state index contributed by atoms with van der Waals surface area (Å²) in [5.74, 6) is -0.915. The maximum atomic E-state index is 11.1. The molecule has 2 heterocycles. The van der Waals surface area contributed by atoms with Crippen LogP contribution in [0.25, 0.3) is 0 Å². The molecule has 5 heteroatoms. The van der Waals surface area contributed by atoms with Gasteiger partial charge in [-0.2, -0.15) is 5.10 Å². The van der Waals surface area contributed by atoms with Gasteiger partial charge in [0.1, 0.15) is 0 Å². The van der Waals surface area contributed by atoms with Gasteiger partial charge in [0.25, 0.3) is 0 Å². The predicted octanol–water partition coefficient (Wildman–Crippen LogP) is 0.979. The fourth-order valence-corrected chi connectivity index (χ4v) is 2.25. The Morgan fingerprint density at radius 2 is 2.19 bits per heavy atom. The number of carboxylic acids is 1. The first-order valence-electron chi connectivity index (χ1n) is 5.71. The monoisotopic (exact) mass is 223 g/mol. The number of aromatic nitrogens is 2. The molecule has 0 saturated carbocycles. The molecule has 0 aliphatic carbocycles. The molecule has 1 aromatic heterocycles. The van der Waals surface area contributed by atoms with Crippen molar-refractivity contribution >= 4 is 5.97 Å². The highest BCUT2D eigenvalue weighted by atomic mass is 16.4. The lowest BCUT2D eigenvalue weighted by atomic mass is 10.1. The average Bonchev–Trinajstić information content (AvgIpc) is 2.66. The molecular weight excluding hydrogens is 206 g/mol. The van der Waals surface area contributed by atoms with E-state index in [1.807, 2.05) is 11.6 Å². The van der Waals surface area contributed by atoms with Crippen molar-refractivity contribution in [2.45, 2.75) is 33.4 Å². The molecule has 0 radical (unpaired) electrons. The third kappa shape index (κ3) is 1.71.